The fourth-order valence-corrected chi connectivity index (χ4v) is 6.26. The van der Waals surface area contributed by atoms with Gasteiger partial charge in [-0.25, -0.2) is 8.78 Å². The maximum Gasteiger partial charge on any atom is 0.265 e. The van der Waals surface area contributed by atoms with Crippen molar-refractivity contribution in [3.8, 4) is 0 Å². The number of nitrogens with zero attached hydrogens (tertiary/aromatic N) is 3. The van der Waals surface area contributed by atoms with E-state index in [0.29, 0.717) is 38.5 Å². The van der Waals surface area contributed by atoms with Gasteiger partial charge in [-0.1, -0.05) is 6.42 Å². The predicted octanol–water partition coefficient (Wildman–Crippen LogP) is 2.28. The number of halogens is 2. The number of piperazine rings is 1. The van der Waals surface area contributed by atoms with E-state index in [1.807, 2.05) is 4.90 Å². The zero-order valence-corrected chi connectivity index (χ0v) is 17.1. The highest BCUT2D eigenvalue weighted by atomic mass is 19.3. The predicted molar refractivity (Wildman–Crippen MR) is 106 cm³/mol. The van der Waals surface area contributed by atoms with Crippen LogP contribution in [-0.2, 0) is 22.6 Å². The Bertz CT molecular complexity index is 864. The van der Waals surface area contributed by atoms with Gasteiger partial charge in [0.2, 0.25) is 11.8 Å². The van der Waals surface area contributed by atoms with Crippen LogP contribution in [0.25, 0.3) is 0 Å². The Labute approximate surface area is 175 Å². The summed E-state index contributed by atoms with van der Waals surface area (Å²) in [4.78, 5) is 34.0. The van der Waals surface area contributed by atoms with Crippen LogP contribution < -0.4 is 5.32 Å². The third-order valence-electron chi connectivity index (χ3n) is 7.72. The highest BCUT2D eigenvalue weighted by molar-refractivity contribution is 5.84. The minimum Gasteiger partial charge on any atom is -0.354 e. The van der Waals surface area contributed by atoms with Crippen LogP contribution >= 0.6 is 0 Å². The second-order valence-corrected chi connectivity index (χ2v) is 9.31. The van der Waals surface area contributed by atoms with Crippen molar-refractivity contribution in [3.05, 3.63) is 29.1 Å². The Morgan fingerprint density at radius 2 is 2.17 bits per heavy atom. The van der Waals surface area contributed by atoms with Gasteiger partial charge >= 0.3 is 0 Å². The number of hydrogen-bond acceptors (Lipinski definition) is 4. The minimum atomic E-state index is -2.55. The van der Waals surface area contributed by atoms with Gasteiger partial charge in [0.1, 0.15) is 0 Å². The summed E-state index contributed by atoms with van der Waals surface area (Å²) in [5.41, 5.74) is 1.14. The zero-order valence-electron chi connectivity index (χ0n) is 17.1. The van der Waals surface area contributed by atoms with E-state index in [2.05, 4.69) is 15.2 Å². The van der Waals surface area contributed by atoms with Gasteiger partial charge in [-0.05, 0) is 43.2 Å². The van der Waals surface area contributed by atoms with Gasteiger partial charge in [0, 0.05) is 56.1 Å². The first-order valence-electron chi connectivity index (χ1n) is 11.0. The molecule has 0 spiro atoms. The van der Waals surface area contributed by atoms with Gasteiger partial charge in [-0.2, -0.15) is 0 Å². The number of aromatic nitrogens is 1. The van der Waals surface area contributed by atoms with Crippen LogP contribution in [0.2, 0.25) is 0 Å². The van der Waals surface area contributed by atoms with E-state index >= 15 is 0 Å². The largest absolute Gasteiger partial charge is 0.354 e. The molecule has 0 bridgehead atoms. The fourth-order valence-electron chi connectivity index (χ4n) is 6.26. The van der Waals surface area contributed by atoms with Gasteiger partial charge in [-0.3, -0.25) is 19.5 Å². The lowest BCUT2D eigenvalue weighted by Crippen LogP contribution is -2.52. The molecule has 2 aliphatic heterocycles. The van der Waals surface area contributed by atoms with Gasteiger partial charge in [0.25, 0.3) is 6.43 Å². The van der Waals surface area contributed by atoms with Crippen LogP contribution in [-0.4, -0.2) is 58.8 Å². The van der Waals surface area contributed by atoms with Crippen molar-refractivity contribution >= 4 is 11.8 Å². The molecule has 4 aliphatic rings. The van der Waals surface area contributed by atoms with Crippen molar-refractivity contribution in [1.29, 1.82) is 0 Å². The van der Waals surface area contributed by atoms with Crippen LogP contribution in [0, 0.1) is 11.3 Å². The summed E-state index contributed by atoms with van der Waals surface area (Å²) in [5.74, 6) is 0.600. The molecule has 2 amide bonds. The minimum absolute atomic E-state index is 0.0636. The van der Waals surface area contributed by atoms with Crippen molar-refractivity contribution < 1.29 is 18.4 Å². The number of hydrogen-bond donors (Lipinski definition) is 1. The van der Waals surface area contributed by atoms with E-state index in [9.17, 15) is 18.4 Å². The molecular weight excluding hydrogens is 390 g/mol. The maximum atomic E-state index is 13.8. The van der Waals surface area contributed by atoms with E-state index in [1.165, 1.54) is 12.3 Å². The lowest BCUT2D eigenvalue weighted by atomic mass is 9.78. The number of pyridine rings is 1. The number of amides is 2. The van der Waals surface area contributed by atoms with Crippen molar-refractivity contribution in [2.45, 2.75) is 57.5 Å². The smallest absolute Gasteiger partial charge is 0.265 e. The zero-order chi connectivity index (χ0) is 20.9. The van der Waals surface area contributed by atoms with E-state index in [4.69, 9.17) is 0 Å². The maximum absolute atomic E-state index is 13.8. The second-order valence-electron chi connectivity index (χ2n) is 9.31. The molecule has 1 saturated heterocycles. The number of rotatable bonds is 3. The van der Waals surface area contributed by atoms with E-state index in [-0.39, 0.29) is 28.8 Å². The molecular formula is C22H28F2N4O2. The fraction of sp³-hybridized carbons (Fsp3) is 0.682. The summed E-state index contributed by atoms with van der Waals surface area (Å²) in [5, 5.41) is 2.88. The highest BCUT2D eigenvalue weighted by Gasteiger charge is 2.57. The molecule has 2 aliphatic carbocycles. The molecule has 8 heteroatoms. The third-order valence-corrected chi connectivity index (χ3v) is 7.72. The number of fused-ring (bicyclic) bond motifs is 2. The van der Waals surface area contributed by atoms with Crippen LogP contribution in [0.1, 0.15) is 55.4 Å². The molecule has 2 saturated carbocycles. The van der Waals surface area contributed by atoms with Gasteiger partial charge in [0.05, 0.1) is 12.0 Å². The van der Waals surface area contributed by atoms with E-state index < -0.39 is 6.43 Å². The Balaban J connectivity index is 1.35. The molecule has 5 rings (SSSR count). The molecule has 0 unspecified atom stereocenters. The molecule has 1 N–H and O–H groups in total. The SMILES string of the molecule is O=C1CN([C@@H]2C[C@H]3CCC[C@@]3(C(=O)N3CCc4ncc(C(F)F)cc4C3)C2)CCN1. The molecule has 30 heavy (non-hydrogen) atoms. The monoisotopic (exact) mass is 418 g/mol. The van der Waals surface area contributed by atoms with Gasteiger partial charge in [-0.15, -0.1) is 0 Å². The lowest BCUT2D eigenvalue weighted by Gasteiger charge is -2.38. The summed E-state index contributed by atoms with van der Waals surface area (Å²) in [6.45, 7) is 2.89. The van der Waals surface area contributed by atoms with Gasteiger partial charge in [0.15, 0.2) is 0 Å². The number of carbonyl (C=O) groups excluding carboxylic acids is 2. The van der Waals surface area contributed by atoms with E-state index in [1.54, 1.807) is 0 Å². The first-order chi connectivity index (χ1) is 14.5. The number of nitrogens with one attached hydrogen (secondary N) is 1. The Kier molecular flexibility index (Phi) is 5.00. The van der Waals surface area contributed by atoms with Crippen LogP contribution in [0.4, 0.5) is 8.78 Å². The normalized spacial score (nSPS) is 31.6. The number of alkyl halides is 2. The Hall–Kier alpha value is -2.09. The summed E-state index contributed by atoms with van der Waals surface area (Å²) >= 11 is 0. The van der Waals surface area contributed by atoms with Crippen molar-refractivity contribution in [3.63, 3.8) is 0 Å². The van der Waals surface area contributed by atoms with Crippen molar-refractivity contribution in [1.82, 2.24) is 20.1 Å². The lowest BCUT2D eigenvalue weighted by molar-refractivity contribution is -0.144. The average Bonchev–Trinajstić information content (AvgIpc) is 3.31. The molecule has 1 aromatic heterocycles. The molecule has 1 aromatic rings. The first kappa shape index (κ1) is 19.8. The van der Waals surface area contributed by atoms with Crippen molar-refractivity contribution in [2.75, 3.05) is 26.2 Å². The Morgan fingerprint density at radius 3 is 2.97 bits per heavy atom. The third kappa shape index (κ3) is 3.29. The second kappa shape index (κ2) is 7.55. The van der Waals surface area contributed by atoms with Crippen molar-refractivity contribution in [2.24, 2.45) is 11.3 Å². The molecule has 3 heterocycles. The van der Waals surface area contributed by atoms with Crippen LogP contribution in [0.3, 0.4) is 0 Å². The van der Waals surface area contributed by atoms with Crippen LogP contribution in [0.15, 0.2) is 12.3 Å². The summed E-state index contributed by atoms with van der Waals surface area (Å²) in [7, 11) is 0. The molecule has 0 aromatic carbocycles. The summed E-state index contributed by atoms with van der Waals surface area (Å²) in [6, 6.07) is 1.79. The first-order valence-corrected chi connectivity index (χ1v) is 11.0. The quantitative estimate of drug-likeness (QED) is 0.818. The molecule has 162 valence electrons. The highest BCUT2D eigenvalue weighted by Crippen LogP contribution is 2.56. The topological polar surface area (TPSA) is 65.5 Å². The van der Waals surface area contributed by atoms with Gasteiger partial charge < -0.3 is 10.2 Å². The Morgan fingerprint density at radius 1 is 1.30 bits per heavy atom. The standard InChI is InChI=1S/C22H28F2N4O2/c23-20(24)14-8-15-12-28(6-3-18(15)26-11-14)21(30)22-4-1-2-16(22)9-17(10-22)27-7-5-25-19(29)13-27/h8,11,16-17,20H,1-7,9-10,12-13H2,(H,25,29)/t16-,17-,22-/m1/s1. The summed E-state index contributed by atoms with van der Waals surface area (Å²) < 4.78 is 26.2. The average molecular weight is 418 g/mol. The van der Waals surface area contributed by atoms with E-state index in [0.717, 1.165) is 49.9 Å². The molecule has 6 nitrogen and oxygen atoms in total. The molecule has 3 fully saturated rings. The summed E-state index contributed by atoms with van der Waals surface area (Å²) in [6.07, 6.45) is 4.11. The van der Waals surface area contributed by atoms with Crippen LogP contribution in [0.5, 0.6) is 0 Å². The molecule has 3 atom stereocenters. The number of carbonyl (C=O) groups is 2. The molecule has 0 radical (unpaired) electrons.